The lowest BCUT2D eigenvalue weighted by molar-refractivity contribution is -0.142. The molecule has 0 saturated heterocycles. The fraction of sp³-hybridized carbons (Fsp3) is 0.190. The number of carbonyl (C=O) groups is 2. The molecule has 0 fully saturated rings. The molecule has 0 aliphatic rings. The Hall–Kier alpha value is -3.36. The van der Waals surface area contributed by atoms with Crippen LogP contribution in [0.5, 0.6) is 5.75 Å². The second-order valence-corrected chi connectivity index (χ2v) is 6.72. The number of benzene rings is 2. The van der Waals surface area contributed by atoms with Gasteiger partial charge in [0.15, 0.2) is 16.8 Å². The van der Waals surface area contributed by atoms with Gasteiger partial charge in [-0.15, -0.1) is 0 Å². The van der Waals surface area contributed by atoms with Crippen molar-refractivity contribution >= 4 is 40.1 Å². The first-order valence-corrected chi connectivity index (χ1v) is 9.29. The van der Waals surface area contributed by atoms with E-state index >= 15 is 0 Å². The summed E-state index contributed by atoms with van der Waals surface area (Å²) in [6, 6.07) is 10.9. The molecule has 3 rings (SSSR count). The Kier molecular flexibility index (Phi) is 6.71. The molecular formula is C21H18ClNO7. The van der Waals surface area contributed by atoms with Gasteiger partial charge in [-0.3, -0.25) is 9.59 Å². The third kappa shape index (κ3) is 5.16. The molecule has 0 bridgehead atoms. The van der Waals surface area contributed by atoms with Crippen molar-refractivity contribution in [2.24, 2.45) is 0 Å². The summed E-state index contributed by atoms with van der Waals surface area (Å²) in [5.74, 6) is -1.26. The smallest absolute Gasteiger partial charge is 0.329 e. The van der Waals surface area contributed by atoms with E-state index in [0.717, 1.165) is 6.07 Å². The fourth-order valence-corrected chi connectivity index (χ4v) is 2.90. The number of amides is 1. The first kappa shape index (κ1) is 21.4. The van der Waals surface area contributed by atoms with Crippen molar-refractivity contribution in [3.8, 4) is 5.75 Å². The lowest BCUT2D eigenvalue weighted by atomic mass is 10.2. The van der Waals surface area contributed by atoms with Gasteiger partial charge in [-0.05, 0) is 42.8 Å². The van der Waals surface area contributed by atoms with Crippen LogP contribution >= 0.6 is 11.6 Å². The number of rotatable bonds is 8. The van der Waals surface area contributed by atoms with Gasteiger partial charge in [0.2, 0.25) is 0 Å². The SMILES string of the molecule is Cc1cc(OCCOCC(=O)O)ccc1NC(=O)c1cc(=O)c2cccc(Cl)c2o1. The highest BCUT2D eigenvalue weighted by Crippen LogP contribution is 2.24. The van der Waals surface area contributed by atoms with E-state index in [2.05, 4.69) is 5.32 Å². The van der Waals surface area contributed by atoms with E-state index in [0.29, 0.717) is 22.4 Å². The number of fused-ring (bicyclic) bond motifs is 1. The van der Waals surface area contributed by atoms with Crippen LogP contribution in [0, 0.1) is 6.92 Å². The zero-order chi connectivity index (χ0) is 21.7. The number of halogens is 1. The third-order valence-corrected chi connectivity index (χ3v) is 4.40. The Morgan fingerprint density at radius 1 is 1.17 bits per heavy atom. The van der Waals surface area contributed by atoms with Gasteiger partial charge in [0.25, 0.3) is 5.91 Å². The van der Waals surface area contributed by atoms with E-state index in [1.54, 1.807) is 43.3 Å². The standard InChI is InChI=1S/C21H18ClNO7/c1-12-9-13(29-8-7-28-11-19(25)26)5-6-16(12)23-21(27)18-10-17(24)14-3-2-4-15(22)20(14)30-18/h2-6,9-10H,7-8,11H2,1H3,(H,23,27)(H,25,26). The van der Waals surface area contributed by atoms with Crippen LogP contribution in [0.15, 0.2) is 51.7 Å². The summed E-state index contributed by atoms with van der Waals surface area (Å²) >= 11 is 6.07. The fourth-order valence-electron chi connectivity index (χ4n) is 2.68. The number of hydrogen-bond donors (Lipinski definition) is 2. The molecule has 30 heavy (non-hydrogen) atoms. The van der Waals surface area contributed by atoms with Crippen LogP contribution in [0.4, 0.5) is 5.69 Å². The van der Waals surface area contributed by atoms with E-state index < -0.39 is 11.9 Å². The van der Waals surface area contributed by atoms with Crippen molar-refractivity contribution in [3.63, 3.8) is 0 Å². The molecule has 1 aromatic heterocycles. The Balaban J connectivity index is 1.68. The average molecular weight is 432 g/mol. The van der Waals surface area contributed by atoms with Gasteiger partial charge >= 0.3 is 5.97 Å². The molecule has 0 aliphatic carbocycles. The summed E-state index contributed by atoms with van der Waals surface area (Å²) in [4.78, 5) is 35.2. The summed E-state index contributed by atoms with van der Waals surface area (Å²) in [6.45, 7) is 1.70. The monoisotopic (exact) mass is 431 g/mol. The van der Waals surface area contributed by atoms with Crippen LogP contribution in [-0.4, -0.2) is 36.8 Å². The molecule has 0 radical (unpaired) electrons. The van der Waals surface area contributed by atoms with E-state index in [1.165, 1.54) is 0 Å². The molecular weight excluding hydrogens is 414 g/mol. The molecule has 2 aromatic carbocycles. The number of ether oxygens (including phenoxy) is 2. The lowest BCUT2D eigenvalue weighted by Crippen LogP contribution is -2.16. The molecule has 2 N–H and O–H groups in total. The van der Waals surface area contributed by atoms with Crippen LogP contribution in [0.3, 0.4) is 0 Å². The molecule has 0 atom stereocenters. The molecule has 1 heterocycles. The quantitative estimate of drug-likeness (QED) is 0.524. The lowest BCUT2D eigenvalue weighted by Gasteiger charge is -2.11. The van der Waals surface area contributed by atoms with Crippen LogP contribution in [0.1, 0.15) is 16.1 Å². The minimum atomic E-state index is -1.05. The Labute approximate surface area is 176 Å². The Morgan fingerprint density at radius 3 is 2.70 bits per heavy atom. The molecule has 3 aromatic rings. The first-order valence-electron chi connectivity index (χ1n) is 8.92. The van der Waals surface area contributed by atoms with E-state index in [1.807, 2.05) is 0 Å². The number of anilines is 1. The number of para-hydroxylation sites is 1. The predicted octanol–water partition coefficient (Wildman–Crippen LogP) is 3.49. The van der Waals surface area contributed by atoms with Crippen molar-refractivity contribution in [2.75, 3.05) is 25.1 Å². The summed E-state index contributed by atoms with van der Waals surface area (Å²) in [6.07, 6.45) is 0. The van der Waals surface area contributed by atoms with E-state index in [4.69, 9.17) is 30.6 Å². The van der Waals surface area contributed by atoms with Crippen LogP contribution in [0.2, 0.25) is 5.02 Å². The van der Waals surface area contributed by atoms with Gasteiger partial charge < -0.3 is 24.3 Å². The minimum Gasteiger partial charge on any atom is -0.491 e. The van der Waals surface area contributed by atoms with Crippen molar-refractivity contribution in [1.29, 1.82) is 0 Å². The largest absolute Gasteiger partial charge is 0.491 e. The molecule has 0 unspecified atom stereocenters. The molecule has 0 spiro atoms. The Bertz CT molecular complexity index is 1160. The Morgan fingerprint density at radius 2 is 1.97 bits per heavy atom. The highest BCUT2D eigenvalue weighted by molar-refractivity contribution is 6.34. The van der Waals surface area contributed by atoms with Gasteiger partial charge in [0, 0.05) is 11.8 Å². The highest BCUT2D eigenvalue weighted by Gasteiger charge is 2.15. The molecule has 0 aliphatic heterocycles. The molecule has 1 amide bonds. The summed E-state index contributed by atoms with van der Waals surface area (Å²) in [5, 5.41) is 11.7. The molecule has 156 valence electrons. The van der Waals surface area contributed by atoms with Crippen LogP contribution in [-0.2, 0) is 9.53 Å². The number of hydrogen-bond acceptors (Lipinski definition) is 6. The highest BCUT2D eigenvalue weighted by atomic mass is 35.5. The maximum Gasteiger partial charge on any atom is 0.329 e. The number of nitrogens with one attached hydrogen (secondary N) is 1. The molecule has 8 nitrogen and oxygen atoms in total. The number of carbonyl (C=O) groups excluding carboxylic acids is 1. The van der Waals surface area contributed by atoms with Crippen molar-refractivity contribution in [1.82, 2.24) is 0 Å². The zero-order valence-corrected chi connectivity index (χ0v) is 16.7. The van der Waals surface area contributed by atoms with Gasteiger partial charge in [-0.1, -0.05) is 17.7 Å². The third-order valence-electron chi connectivity index (χ3n) is 4.10. The number of carboxylic acid groups (broad SMARTS) is 1. The van der Waals surface area contributed by atoms with E-state index in [9.17, 15) is 14.4 Å². The maximum atomic E-state index is 12.6. The summed E-state index contributed by atoms with van der Waals surface area (Å²) in [7, 11) is 0. The van der Waals surface area contributed by atoms with Gasteiger partial charge in [-0.2, -0.15) is 0 Å². The predicted molar refractivity (Wildman–Crippen MR) is 111 cm³/mol. The minimum absolute atomic E-state index is 0.132. The van der Waals surface area contributed by atoms with Gasteiger partial charge in [-0.25, -0.2) is 4.79 Å². The molecule has 9 heteroatoms. The van der Waals surface area contributed by atoms with Crippen LogP contribution in [0.25, 0.3) is 11.0 Å². The molecule has 0 saturated carbocycles. The normalized spacial score (nSPS) is 10.7. The average Bonchev–Trinajstić information content (AvgIpc) is 2.70. The second kappa shape index (κ2) is 9.43. The van der Waals surface area contributed by atoms with E-state index in [-0.39, 0.29) is 41.6 Å². The van der Waals surface area contributed by atoms with Gasteiger partial charge in [0.1, 0.15) is 19.0 Å². The number of carboxylic acids is 1. The van der Waals surface area contributed by atoms with Gasteiger partial charge in [0.05, 0.1) is 17.0 Å². The topological polar surface area (TPSA) is 115 Å². The van der Waals surface area contributed by atoms with Crippen molar-refractivity contribution < 1.29 is 28.6 Å². The summed E-state index contributed by atoms with van der Waals surface area (Å²) < 4.78 is 15.9. The van der Waals surface area contributed by atoms with Crippen molar-refractivity contribution in [2.45, 2.75) is 6.92 Å². The maximum absolute atomic E-state index is 12.6. The first-order chi connectivity index (χ1) is 14.3. The zero-order valence-electron chi connectivity index (χ0n) is 15.9. The number of aliphatic carboxylic acids is 1. The second-order valence-electron chi connectivity index (χ2n) is 6.32. The van der Waals surface area contributed by atoms with Crippen molar-refractivity contribution in [3.05, 3.63) is 69.0 Å². The summed E-state index contributed by atoms with van der Waals surface area (Å²) in [5.41, 5.74) is 1.02. The number of aryl methyl sites for hydroxylation is 1. The van der Waals surface area contributed by atoms with Crippen LogP contribution < -0.4 is 15.5 Å².